The average molecular weight is 482 g/mol. The van der Waals surface area contributed by atoms with Crippen molar-refractivity contribution in [3.05, 3.63) is 65.0 Å². The number of nitriles is 1. The lowest BCUT2D eigenvalue weighted by Gasteiger charge is -2.16. The van der Waals surface area contributed by atoms with Crippen molar-refractivity contribution in [1.82, 2.24) is 9.88 Å². The van der Waals surface area contributed by atoms with Crippen LogP contribution in [0.3, 0.4) is 0 Å². The number of likely N-dealkylation sites (N-methyl/N-ethyl adjacent to an activating group) is 1. The third-order valence-electron chi connectivity index (χ3n) is 3.92. The molecule has 1 heterocycles. The molecule has 0 spiro atoms. The van der Waals surface area contributed by atoms with Crippen molar-refractivity contribution in [3.63, 3.8) is 0 Å². The van der Waals surface area contributed by atoms with Gasteiger partial charge in [0.2, 0.25) is 5.91 Å². The van der Waals surface area contributed by atoms with Gasteiger partial charge in [-0.3, -0.25) is 9.78 Å². The molecule has 0 aliphatic carbocycles. The van der Waals surface area contributed by atoms with Gasteiger partial charge in [0.25, 0.3) is 0 Å². The van der Waals surface area contributed by atoms with Crippen LogP contribution in [0.2, 0.25) is 5.02 Å². The largest absolute Gasteiger partial charge is 0.492 e. The van der Waals surface area contributed by atoms with E-state index < -0.39 is 90.0 Å². The third kappa shape index (κ3) is 5.98. The van der Waals surface area contributed by atoms with Gasteiger partial charge in [-0.2, -0.15) is 5.26 Å². The van der Waals surface area contributed by atoms with Gasteiger partial charge in [-0.1, -0.05) is 17.7 Å². The van der Waals surface area contributed by atoms with Crippen molar-refractivity contribution >= 4 is 45.5 Å². The summed E-state index contributed by atoms with van der Waals surface area (Å²) >= 11 is 5.83. The fourth-order valence-electron chi connectivity index (χ4n) is 2.61. The number of hydrogen-bond donors (Lipinski definition) is 2. The second-order valence-corrected chi connectivity index (χ2v) is 6.42. The van der Waals surface area contributed by atoms with Gasteiger partial charge in [-0.15, -0.1) is 0 Å². The second-order valence-electron chi connectivity index (χ2n) is 6.04. The number of ether oxygens (including phenoxy) is 1. The molecule has 0 atom stereocenters. The van der Waals surface area contributed by atoms with E-state index in [0.29, 0.717) is 0 Å². The maximum absolute atomic E-state index is 14.2. The Kier molecular flexibility index (Phi) is 3.74. The summed E-state index contributed by atoms with van der Waals surface area (Å²) in [6, 6.07) is 0.277. The van der Waals surface area contributed by atoms with Crippen LogP contribution in [-0.2, 0) is 4.79 Å². The number of nitrogens with one attached hydrogen (secondary N) is 2. The Hall–Kier alpha value is -3.67. The first kappa shape index (κ1) is 11.5. The molecule has 0 aliphatic heterocycles. The number of rotatable bonds is 8. The Morgan fingerprint density at radius 2 is 2.33 bits per heavy atom. The van der Waals surface area contributed by atoms with Crippen LogP contribution >= 0.6 is 11.6 Å². The normalized spacial score (nSPS) is 19.2. The van der Waals surface area contributed by atoms with Crippen molar-refractivity contribution in [3.8, 4) is 11.8 Å². The lowest BCUT2D eigenvalue weighted by atomic mass is 10.1. The van der Waals surface area contributed by atoms with Crippen LogP contribution in [0.1, 0.15) is 31.7 Å². The lowest BCUT2D eigenvalue weighted by molar-refractivity contribution is -0.111. The molecule has 2 N–H and O–H groups in total. The van der Waals surface area contributed by atoms with Gasteiger partial charge < -0.3 is 20.3 Å². The van der Waals surface area contributed by atoms with Crippen molar-refractivity contribution in [2.45, 2.75) is 6.92 Å². The van der Waals surface area contributed by atoms with E-state index in [1.165, 1.54) is 0 Å². The van der Waals surface area contributed by atoms with Crippen LogP contribution in [0.5, 0.6) is 5.75 Å². The Balaban J connectivity index is 2.23. The number of nitrogens with zero attached hydrogens (tertiary/aromatic N) is 3. The SMILES string of the molecule is [2H]/C(=C\C([2H])([2H])N(C([2H])([2H])[2H])C([2H])([2H])[2H])C(=O)Nc1cc2c(Nc3c([2H])c([2H])c(F)c(Cl)c3[2H])c(C#N)cnc2cc1OC([2H])([2H])C. The Morgan fingerprint density at radius 3 is 3.06 bits per heavy atom. The zero-order chi connectivity index (χ0) is 36.0. The van der Waals surface area contributed by atoms with Crippen LogP contribution in [-0.4, -0.2) is 42.8 Å². The minimum Gasteiger partial charge on any atom is -0.492 e. The standard InChI is InChI=1S/C24H23ClFN5O2/c1-4-33-22-12-20-17(11-21(22)30-23(32)6-5-9-31(2)3)24(15(13-27)14-28-20)29-16-7-8-19(26)18(25)10-16/h5-8,10-12,14H,4,9H2,1-3H3,(H,28,29)(H,30,32)/b6-5+/i2D3,3D3,4D2,6D,7D,8D,9D2,10D. The molecular weight excluding hydrogens is 445 g/mol. The molecule has 2 aromatic carbocycles. The molecule has 33 heavy (non-hydrogen) atoms. The predicted molar refractivity (Wildman–Crippen MR) is 129 cm³/mol. The van der Waals surface area contributed by atoms with Gasteiger partial charge >= 0.3 is 0 Å². The first-order chi connectivity index (χ1) is 21.3. The van der Waals surface area contributed by atoms with Crippen LogP contribution < -0.4 is 15.4 Å². The summed E-state index contributed by atoms with van der Waals surface area (Å²) < 4.78 is 128. The zero-order valence-electron chi connectivity index (χ0n) is 30.7. The molecule has 3 aromatic rings. The van der Waals surface area contributed by atoms with E-state index in [1.54, 1.807) is 0 Å². The average Bonchev–Trinajstić information content (AvgIpc) is 2.90. The van der Waals surface area contributed by atoms with Crippen molar-refractivity contribution < 1.29 is 33.1 Å². The number of amides is 1. The summed E-state index contributed by atoms with van der Waals surface area (Å²) in [6.07, 6.45) is 1.20. The predicted octanol–water partition coefficient (Wildman–Crippen LogP) is 5.10. The molecule has 0 aliphatic rings. The highest BCUT2D eigenvalue weighted by Gasteiger charge is 2.15. The quantitative estimate of drug-likeness (QED) is 0.435. The molecule has 3 rings (SSSR count). The number of aromatic nitrogens is 1. The highest BCUT2D eigenvalue weighted by atomic mass is 35.5. The highest BCUT2D eigenvalue weighted by Crippen LogP contribution is 2.36. The summed E-state index contributed by atoms with van der Waals surface area (Å²) in [5, 5.41) is 13.7. The van der Waals surface area contributed by atoms with Crippen LogP contribution in [0.15, 0.2) is 48.6 Å². The number of anilines is 3. The minimum absolute atomic E-state index is 0.0231. The molecule has 7 nitrogen and oxygen atoms in total. The number of benzene rings is 2. The fourth-order valence-corrected chi connectivity index (χ4v) is 2.75. The van der Waals surface area contributed by atoms with E-state index in [2.05, 4.69) is 15.6 Å². The maximum Gasteiger partial charge on any atom is 0.248 e. The molecule has 9 heteroatoms. The molecule has 0 unspecified atom stereocenters. The number of hydrogen-bond acceptors (Lipinski definition) is 6. The van der Waals surface area contributed by atoms with Gasteiger partial charge in [0.1, 0.15) is 17.6 Å². The van der Waals surface area contributed by atoms with Gasteiger partial charge in [-0.25, -0.2) is 4.39 Å². The van der Waals surface area contributed by atoms with Crippen molar-refractivity contribution in [2.24, 2.45) is 0 Å². The van der Waals surface area contributed by atoms with Gasteiger partial charge in [0.15, 0.2) is 0 Å². The summed E-state index contributed by atoms with van der Waals surface area (Å²) in [5.41, 5.74) is -1.32. The Bertz CT molecular complexity index is 1780. The van der Waals surface area contributed by atoms with E-state index in [9.17, 15) is 14.4 Å². The first-order valence-corrected chi connectivity index (χ1v) is 9.27. The van der Waals surface area contributed by atoms with E-state index in [0.717, 1.165) is 25.3 Å². The molecule has 1 aromatic heterocycles. The van der Waals surface area contributed by atoms with Crippen LogP contribution in [0.4, 0.5) is 21.5 Å². The van der Waals surface area contributed by atoms with Gasteiger partial charge in [0.05, 0.1) is 42.3 Å². The molecule has 0 bridgehead atoms. The summed E-state index contributed by atoms with van der Waals surface area (Å²) in [4.78, 5) is 16.7. The van der Waals surface area contributed by atoms with E-state index in [1.807, 2.05) is 6.07 Å². The van der Waals surface area contributed by atoms with Crippen LogP contribution in [0.25, 0.3) is 10.9 Å². The zero-order valence-corrected chi connectivity index (χ0v) is 17.5. The Labute approximate surface area is 216 Å². The third-order valence-corrected chi connectivity index (χ3v) is 4.18. The minimum atomic E-state index is -3.52. The highest BCUT2D eigenvalue weighted by molar-refractivity contribution is 6.31. The molecule has 0 fully saturated rings. The first-order valence-electron chi connectivity index (χ1n) is 15.9. The Morgan fingerprint density at radius 1 is 1.52 bits per heavy atom. The van der Waals surface area contributed by atoms with Crippen LogP contribution in [0, 0.1) is 17.1 Å². The lowest BCUT2D eigenvalue weighted by Crippen LogP contribution is -2.13. The molecule has 0 saturated heterocycles. The summed E-state index contributed by atoms with van der Waals surface area (Å²) in [5.74, 6) is -3.15. The number of fused-ring (bicyclic) bond motifs is 1. The number of pyridine rings is 1. The summed E-state index contributed by atoms with van der Waals surface area (Å²) in [7, 11) is 0. The number of carbonyl (C=O) groups is 1. The van der Waals surface area contributed by atoms with E-state index >= 15 is 0 Å². The number of carbonyl (C=O) groups excluding carboxylic acids is 1. The van der Waals surface area contributed by atoms with Gasteiger partial charge in [0, 0.05) is 46.9 Å². The second kappa shape index (κ2) is 10.8. The van der Waals surface area contributed by atoms with E-state index in [4.69, 9.17) is 35.5 Å². The van der Waals surface area contributed by atoms with Crippen molar-refractivity contribution in [2.75, 3.05) is 37.6 Å². The summed E-state index contributed by atoms with van der Waals surface area (Å²) in [6.45, 7) is -11.8. The van der Waals surface area contributed by atoms with Gasteiger partial charge in [-0.05, 0) is 45.1 Å². The topological polar surface area (TPSA) is 90.3 Å². The molecule has 0 saturated carbocycles. The number of halogens is 2. The molecular formula is C24H23ClFN5O2. The smallest absolute Gasteiger partial charge is 0.248 e. The maximum atomic E-state index is 14.2. The molecule has 0 radical (unpaired) electrons. The molecule has 1 amide bonds. The van der Waals surface area contributed by atoms with E-state index in [-0.39, 0.29) is 28.2 Å². The fraction of sp³-hybridized carbons (Fsp3) is 0.208. The monoisotopic (exact) mass is 481 g/mol. The molecule has 170 valence electrons. The van der Waals surface area contributed by atoms with Crippen molar-refractivity contribution in [1.29, 1.82) is 5.26 Å².